The van der Waals surface area contributed by atoms with Crippen LogP contribution in [-0.4, -0.2) is 85.4 Å². The molecule has 0 aliphatic rings. The Bertz CT molecular complexity index is 1980. The van der Waals surface area contributed by atoms with Gasteiger partial charge in [-0.2, -0.15) is 0 Å². The van der Waals surface area contributed by atoms with Crippen LogP contribution in [0.25, 0.3) is 0 Å². The zero-order chi connectivity index (χ0) is 43.9. The van der Waals surface area contributed by atoms with E-state index in [2.05, 4.69) is 23.9 Å². The normalized spacial score (nSPS) is 12.2. The summed E-state index contributed by atoms with van der Waals surface area (Å²) < 4.78 is 9.95. The van der Waals surface area contributed by atoms with Crippen molar-refractivity contribution in [2.75, 3.05) is 0 Å². The number of benzene rings is 4. The first-order valence-electron chi connectivity index (χ1n) is 17.0. The van der Waals surface area contributed by atoms with Crippen LogP contribution in [0, 0.1) is 13.8 Å². The number of aliphatic carboxylic acids is 2. The quantitative estimate of drug-likeness (QED) is 0.0367. The number of nitrogens with two attached hydrogens (primary N) is 1. The van der Waals surface area contributed by atoms with E-state index in [1.807, 2.05) is 36.4 Å². The molecule has 4 aromatic carbocycles. The molecule has 58 heavy (non-hydrogen) atoms. The van der Waals surface area contributed by atoms with Crippen molar-refractivity contribution in [1.82, 2.24) is 5.32 Å². The molecule has 0 bridgehead atoms. The third kappa shape index (κ3) is 18.9. The summed E-state index contributed by atoms with van der Waals surface area (Å²) in [5.41, 5.74) is 13.7. The van der Waals surface area contributed by atoms with Gasteiger partial charge in [-0.05, 0) is 73.7 Å². The molecular weight excluding hydrogens is 1000 g/mol. The summed E-state index contributed by atoms with van der Waals surface area (Å²) in [5.74, 6) is -3.61. The van der Waals surface area contributed by atoms with Gasteiger partial charge in [0.1, 0.15) is 11.5 Å². The molecule has 310 valence electrons. The molecule has 0 aliphatic carbocycles. The number of hydrogen-bond acceptors (Lipinski definition) is 11. The number of ether oxygens (including phenoxy) is 2. The topological polar surface area (TPSA) is 240 Å². The molecular formula is C40H43BClI2N2O12-. The molecule has 0 aromatic heterocycles. The third-order valence-electron chi connectivity index (χ3n) is 7.75. The fourth-order valence-corrected chi connectivity index (χ4v) is 5.13. The van der Waals surface area contributed by atoms with Gasteiger partial charge < -0.3 is 41.0 Å². The fraction of sp³-hybridized carbons (Fsp3) is 0.250. The Morgan fingerprint density at radius 3 is 1.50 bits per heavy atom. The second-order valence-electron chi connectivity index (χ2n) is 12.1. The Morgan fingerprint density at radius 2 is 1.10 bits per heavy atom. The first-order valence-corrected chi connectivity index (χ1v) is 24.9. The molecule has 1 amide bonds. The van der Waals surface area contributed by atoms with Crippen LogP contribution in [0.4, 0.5) is 0 Å². The van der Waals surface area contributed by atoms with E-state index >= 15 is 0 Å². The van der Waals surface area contributed by atoms with Crippen molar-refractivity contribution in [3.05, 3.63) is 130 Å². The van der Waals surface area contributed by atoms with Crippen molar-refractivity contribution in [2.24, 2.45) is 5.73 Å². The van der Waals surface area contributed by atoms with E-state index in [-0.39, 0.29) is 34.7 Å². The Balaban J connectivity index is 0.000000457. The number of halogens is 3. The van der Waals surface area contributed by atoms with Gasteiger partial charge in [0.25, 0.3) is 11.1 Å². The van der Waals surface area contributed by atoms with Crippen LogP contribution < -0.4 is 37.5 Å². The first-order chi connectivity index (χ1) is 27.3. The molecule has 2 unspecified atom stereocenters. The number of amides is 1. The molecule has 0 saturated heterocycles. The molecule has 0 fully saturated rings. The van der Waals surface area contributed by atoms with Gasteiger partial charge in [0.05, 0.1) is 6.04 Å². The predicted octanol–water partition coefficient (Wildman–Crippen LogP) is 1.52. The Hall–Kier alpha value is -4.41. The number of esters is 2. The Kier molecular flexibility index (Phi) is 24.3. The molecule has 18 heteroatoms. The van der Waals surface area contributed by atoms with Crippen LogP contribution >= 0.6 is 30.2 Å². The van der Waals surface area contributed by atoms with Gasteiger partial charge in [-0.25, -0.2) is 9.59 Å². The van der Waals surface area contributed by atoms with E-state index in [1.54, 1.807) is 68.4 Å². The minimum atomic E-state index is -1.77. The molecule has 14 nitrogen and oxygen atoms in total. The standard InChI is InChI=1S/C20H21NO6.C10H9ClO3.C10H13NO3.BI2/c1-12-15(9-6-10-17(12)27-13(2)22)19(24)21-16(18(23)20(25)26)11-14-7-4-3-5-8-14;1-6-8(10(11)13)4-3-5-9(6)14-7(2)12;11-8(9(12)10(13)14)6-7-4-2-1-3-5-7;1-3-2/h3-10,16,18,23H,11H2,1-2H3,(H,21,24)(H,25,26);3-5H,1-2H3;1-5,8-9,12H,6,11H2,(H,13,14);/q;;;-1/t16?,18-;;8?,9-;/m0.0./s1. The summed E-state index contributed by atoms with van der Waals surface area (Å²) in [6.45, 7) is 5.85. The monoisotopic (exact) mass is 1040 g/mol. The molecule has 4 aromatic rings. The Morgan fingerprint density at radius 1 is 0.707 bits per heavy atom. The predicted molar refractivity (Wildman–Crippen MR) is 222 cm³/mol. The summed E-state index contributed by atoms with van der Waals surface area (Å²) in [4.78, 5) is 67.1. The van der Waals surface area contributed by atoms with Gasteiger partial charge in [0.15, 0.2) is 12.2 Å². The van der Waals surface area contributed by atoms with Crippen molar-refractivity contribution in [3.63, 3.8) is 0 Å². The van der Waals surface area contributed by atoms with Crippen LogP contribution in [0.2, 0.25) is 0 Å². The number of rotatable bonds is 13. The van der Waals surface area contributed by atoms with E-state index in [9.17, 15) is 33.9 Å². The minimum absolute atomic E-state index is 0.0600. The number of carbonyl (C=O) groups excluding carboxylic acids is 4. The molecule has 0 spiro atoms. The second kappa shape index (κ2) is 27.3. The molecule has 2 radical (unpaired) electrons. The Labute approximate surface area is 362 Å². The van der Waals surface area contributed by atoms with Crippen molar-refractivity contribution in [3.8, 4) is 11.5 Å². The number of carboxylic acids is 2. The van der Waals surface area contributed by atoms with E-state index in [0.717, 1.165) is 11.1 Å². The average Bonchev–Trinajstić information content (AvgIpc) is 3.16. The van der Waals surface area contributed by atoms with Crippen molar-refractivity contribution < 1.29 is 75.7 Å². The van der Waals surface area contributed by atoms with Crippen molar-refractivity contribution >= 4 is 70.9 Å². The summed E-state index contributed by atoms with van der Waals surface area (Å²) in [6.07, 6.45) is -2.78. The summed E-state index contributed by atoms with van der Waals surface area (Å²) in [5, 5.41) is 38.8. The molecule has 0 saturated carbocycles. The van der Waals surface area contributed by atoms with Gasteiger partial charge in [-0.1, -0.05) is 72.8 Å². The van der Waals surface area contributed by atoms with Gasteiger partial charge in [0, 0.05) is 42.1 Å². The first kappa shape index (κ1) is 51.6. The van der Waals surface area contributed by atoms with Crippen LogP contribution in [0.1, 0.15) is 56.8 Å². The van der Waals surface area contributed by atoms with Gasteiger partial charge in [-0.3, -0.25) is 19.2 Å². The van der Waals surface area contributed by atoms with E-state index in [0.29, 0.717) is 28.9 Å². The van der Waals surface area contributed by atoms with Crippen molar-refractivity contribution in [2.45, 2.75) is 64.8 Å². The van der Waals surface area contributed by atoms with Gasteiger partial charge in [0.2, 0.25) is 0 Å². The van der Waals surface area contributed by atoms with E-state index in [4.69, 9.17) is 47.8 Å². The molecule has 4 atom stereocenters. The summed E-state index contributed by atoms with van der Waals surface area (Å²) >= 11 is 7.57. The zero-order valence-corrected chi connectivity index (χ0v) is 36.9. The van der Waals surface area contributed by atoms with Gasteiger partial charge >= 0.3 is 65.2 Å². The van der Waals surface area contributed by atoms with Crippen LogP contribution in [-0.2, 0) is 32.0 Å². The van der Waals surface area contributed by atoms with E-state index in [1.165, 1.54) is 19.9 Å². The maximum atomic E-state index is 12.7. The number of hydrogen-bond donors (Lipinski definition) is 6. The number of aliphatic hydroxyl groups is 2. The van der Waals surface area contributed by atoms with Crippen LogP contribution in [0.3, 0.4) is 0 Å². The number of carboxylic acid groups (broad SMARTS) is 2. The van der Waals surface area contributed by atoms with Gasteiger partial charge in [-0.15, -0.1) is 0 Å². The van der Waals surface area contributed by atoms with Crippen LogP contribution in [0.5, 0.6) is 11.5 Å². The summed E-state index contributed by atoms with van der Waals surface area (Å²) in [7, 11) is 0. The number of nitrogens with one attached hydrogen (secondary N) is 1. The third-order valence-corrected chi connectivity index (χ3v) is 7.96. The van der Waals surface area contributed by atoms with E-state index < -0.39 is 59.3 Å². The number of carbonyl (C=O) groups is 6. The fourth-order valence-electron chi connectivity index (χ4n) is 4.93. The summed E-state index contributed by atoms with van der Waals surface area (Å²) in [6, 6.07) is 25.8. The molecule has 0 aliphatic heterocycles. The zero-order valence-electron chi connectivity index (χ0n) is 31.8. The molecule has 4 rings (SSSR count). The second-order valence-corrected chi connectivity index (χ2v) is 16.1. The molecule has 0 heterocycles. The number of aliphatic hydroxyl groups excluding tert-OH is 2. The average molecular weight is 1040 g/mol. The SMILES string of the molecule is CC(=O)Oc1cccc(C(=O)Cl)c1C.CC(=O)Oc1cccc(C(=O)NC(Cc2ccccc2)[C@H](O)C(=O)O)c1C.NC(Cc1ccccc1)[C@H](O)C(=O)O.[B][I-]I. The molecule has 7 N–H and O–H groups in total. The van der Waals surface area contributed by atoms with Crippen molar-refractivity contribution in [1.29, 1.82) is 0 Å². The maximum absolute atomic E-state index is 12.7. The van der Waals surface area contributed by atoms with Crippen LogP contribution in [0.15, 0.2) is 97.1 Å².